The number of benzene rings is 3. The molecule has 3 aromatic carbocycles. The van der Waals surface area contributed by atoms with Gasteiger partial charge in [0.15, 0.2) is 0 Å². The summed E-state index contributed by atoms with van der Waals surface area (Å²) in [6.07, 6.45) is 0. The molecule has 0 fully saturated rings. The molecule has 5 heteroatoms. The predicted octanol–water partition coefficient (Wildman–Crippen LogP) is 6.31. The first kappa shape index (κ1) is 24.3. The molecule has 0 aromatic heterocycles. The average Bonchev–Trinajstić information content (AvgIpc) is 3.03. The molecule has 2 amide bonds. The first-order chi connectivity index (χ1) is 16.5. The lowest BCUT2D eigenvalue weighted by atomic mass is 9.87. The summed E-state index contributed by atoms with van der Waals surface area (Å²) in [5.41, 5.74) is 6.64. The summed E-state index contributed by atoms with van der Waals surface area (Å²) < 4.78 is 5.51. The van der Waals surface area contributed by atoms with Crippen molar-refractivity contribution in [2.24, 2.45) is 0 Å². The highest BCUT2D eigenvalue weighted by Crippen LogP contribution is 2.37. The standard InChI is InChI=1S/C30H32N2O3/c1-18-8-14-23(20(3)16-18)26-27(31-24-17-19(2)9-15-25(24)35-7)29(34)32(28(26)33)22-12-10-21(11-13-22)30(4,5)6/h8-17,31H,1-7H3. The van der Waals surface area contributed by atoms with Crippen LogP contribution >= 0.6 is 0 Å². The Kier molecular flexibility index (Phi) is 6.28. The number of amides is 2. The van der Waals surface area contributed by atoms with Crippen LogP contribution in [0.2, 0.25) is 0 Å². The number of nitrogens with zero attached hydrogens (tertiary/aromatic N) is 1. The molecule has 3 aromatic rings. The largest absolute Gasteiger partial charge is 0.495 e. The Morgan fingerprint density at radius 1 is 0.800 bits per heavy atom. The molecular weight excluding hydrogens is 436 g/mol. The summed E-state index contributed by atoms with van der Waals surface area (Å²) in [6.45, 7) is 12.3. The Labute approximate surface area is 207 Å². The third-order valence-corrected chi connectivity index (χ3v) is 6.34. The topological polar surface area (TPSA) is 58.6 Å². The van der Waals surface area contributed by atoms with Crippen molar-refractivity contribution in [3.05, 3.63) is 94.2 Å². The number of hydrogen-bond donors (Lipinski definition) is 1. The van der Waals surface area contributed by atoms with Gasteiger partial charge in [-0.2, -0.15) is 0 Å². The minimum absolute atomic E-state index is 0.0333. The van der Waals surface area contributed by atoms with Crippen LogP contribution in [-0.4, -0.2) is 18.9 Å². The molecular formula is C30H32N2O3. The molecule has 0 saturated carbocycles. The number of methoxy groups -OCH3 is 1. The first-order valence-corrected chi connectivity index (χ1v) is 11.7. The summed E-state index contributed by atoms with van der Waals surface area (Å²) in [5, 5.41) is 3.25. The van der Waals surface area contributed by atoms with Crippen LogP contribution < -0.4 is 15.0 Å². The zero-order chi connectivity index (χ0) is 25.5. The van der Waals surface area contributed by atoms with E-state index < -0.39 is 5.91 Å². The van der Waals surface area contributed by atoms with E-state index >= 15 is 0 Å². The van der Waals surface area contributed by atoms with Gasteiger partial charge < -0.3 is 10.1 Å². The molecule has 0 bridgehead atoms. The fraction of sp³-hybridized carbons (Fsp3) is 0.267. The van der Waals surface area contributed by atoms with Gasteiger partial charge in [-0.3, -0.25) is 9.59 Å². The molecule has 0 saturated heterocycles. The lowest BCUT2D eigenvalue weighted by Crippen LogP contribution is -2.32. The third kappa shape index (κ3) is 4.59. The van der Waals surface area contributed by atoms with Crippen LogP contribution in [0.15, 0.2) is 66.4 Å². The second-order valence-electron chi connectivity index (χ2n) is 10.1. The molecule has 1 aliphatic rings. The lowest BCUT2D eigenvalue weighted by Gasteiger charge is -2.21. The Hall–Kier alpha value is -3.86. The molecule has 1 heterocycles. The van der Waals surface area contributed by atoms with Gasteiger partial charge in [0.25, 0.3) is 11.8 Å². The van der Waals surface area contributed by atoms with Crippen molar-refractivity contribution in [3.8, 4) is 5.75 Å². The maximum absolute atomic E-state index is 13.8. The van der Waals surface area contributed by atoms with E-state index in [0.29, 0.717) is 22.7 Å². The van der Waals surface area contributed by atoms with Gasteiger partial charge in [0.2, 0.25) is 0 Å². The van der Waals surface area contributed by atoms with Crippen LogP contribution in [0, 0.1) is 20.8 Å². The Morgan fingerprint density at radius 2 is 1.43 bits per heavy atom. The molecule has 180 valence electrons. The monoisotopic (exact) mass is 468 g/mol. The molecule has 1 aliphatic heterocycles. The van der Waals surface area contributed by atoms with Crippen LogP contribution in [-0.2, 0) is 15.0 Å². The van der Waals surface area contributed by atoms with Crippen molar-refractivity contribution in [3.63, 3.8) is 0 Å². The normalized spacial score (nSPS) is 14.1. The van der Waals surface area contributed by atoms with Crippen molar-refractivity contribution >= 4 is 28.8 Å². The van der Waals surface area contributed by atoms with Crippen LogP contribution in [0.4, 0.5) is 11.4 Å². The molecule has 1 N–H and O–H groups in total. The summed E-state index contributed by atoms with van der Waals surface area (Å²) in [7, 11) is 1.58. The van der Waals surface area contributed by atoms with Gasteiger partial charge in [-0.25, -0.2) is 4.90 Å². The van der Waals surface area contributed by atoms with E-state index in [2.05, 4.69) is 26.1 Å². The van der Waals surface area contributed by atoms with Gasteiger partial charge in [0, 0.05) is 0 Å². The number of nitrogens with one attached hydrogen (secondary N) is 1. The van der Waals surface area contributed by atoms with Crippen molar-refractivity contribution in [2.45, 2.75) is 47.0 Å². The molecule has 35 heavy (non-hydrogen) atoms. The van der Waals surface area contributed by atoms with Crippen molar-refractivity contribution in [2.75, 3.05) is 17.3 Å². The Bertz CT molecular complexity index is 1350. The van der Waals surface area contributed by atoms with Crippen LogP contribution in [0.5, 0.6) is 5.75 Å². The summed E-state index contributed by atoms with van der Waals surface area (Å²) >= 11 is 0. The van der Waals surface area contributed by atoms with E-state index in [1.54, 1.807) is 7.11 Å². The van der Waals surface area contributed by atoms with Crippen LogP contribution in [0.1, 0.15) is 48.6 Å². The number of anilines is 2. The number of rotatable bonds is 5. The number of aryl methyl sites for hydroxylation is 3. The fourth-order valence-electron chi connectivity index (χ4n) is 4.39. The maximum Gasteiger partial charge on any atom is 0.282 e. The third-order valence-electron chi connectivity index (χ3n) is 6.34. The summed E-state index contributed by atoms with van der Waals surface area (Å²) in [5.74, 6) is -0.145. The van der Waals surface area contributed by atoms with Crippen LogP contribution in [0.3, 0.4) is 0 Å². The van der Waals surface area contributed by atoms with Crippen molar-refractivity contribution in [1.82, 2.24) is 0 Å². The highest BCUT2D eigenvalue weighted by Gasteiger charge is 2.41. The number of imide groups is 1. The van der Waals surface area contributed by atoms with Gasteiger partial charge >= 0.3 is 0 Å². The van der Waals surface area contributed by atoms with E-state index in [9.17, 15) is 9.59 Å². The Morgan fingerprint density at radius 3 is 2.03 bits per heavy atom. The summed E-state index contributed by atoms with van der Waals surface area (Å²) in [6, 6.07) is 19.2. The highest BCUT2D eigenvalue weighted by atomic mass is 16.5. The lowest BCUT2D eigenvalue weighted by molar-refractivity contribution is -0.120. The maximum atomic E-state index is 13.8. The SMILES string of the molecule is COc1ccc(C)cc1NC1=C(c2ccc(C)cc2C)C(=O)N(c2ccc(C(C)(C)C)cc2)C1=O. The van der Waals surface area contributed by atoms with Gasteiger partial charge in [-0.1, -0.05) is 62.7 Å². The van der Waals surface area contributed by atoms with Gasteiger partial charge in [-0.15, -0.1) is 0 Å². The minimum Gasteiger partial charge on any atom is -0.495 e. The van der Waals surface area contributed by atoms with Crippen molar-refractivity contribution < 1.29 is 14.3 Å². The van der Waals surface area contributed by atoms with Crippen LogP contribution in [0.25, 0.3) is 5.57 Å². The average molecular weight is 469 g/mol. The zero-order valence-corrected chi connectivity index (χ0v) is 21.4. The molecule has 4 rings (SSSR count). The minimum atomic E-state index is -0.392. The van der Waals surface area contributed by atoms with Gasteiger partial charge in [0.05, 0.1) is 24.1 Å². The highest BCUT2D eigenvalue weighted by molar-refractivity contribution is 6.46. The Balaban J connectivity index is 1.85. The molecule has 0 unspecified atom stereocenters. The van der Waals surface area contributed by atoms with E-state index in [1.165, 1.54) is 4.90 Å². The van der Waals surface area contributed by atoms with E-state index in [-0.39, 0.29) is 17.0 Å². The second kappa shape index (κ2) is 9.06. The van der Waals surface area contributed by atoms with Gasteiger partial charge in [0.1, 0.15) is 11.4 Å². The van der Waals surface area contributed by atoms with Crippen molar-refractivity contribution in [1.29, 1.82) is 0 Å². The smallest absolute Gasteiger partial charge is 0.282 e. The molecule has 0 spiro atoms. The molecule has 5 nitrogen and oxygen atoms in total. The van der Waals surface area contributed by atoms with E-state index in [4.69, 9.17) is 4.74 Å². The first-order valence-electron chi connectivity index (χ1n) is 11.7. The second-order valence-corrected chi connectivity index (χ2v) is 10.1. The number of carbonyl (C=O) groups excluding carboxylic acids is 2. The molecule has 0 aliphatic carbocycles. The zero-order valence-electron chi connectivity index (χ0n) is 21.4. The number of hydrogen-bond acceptors (Lipinski definition) is 4. The quantitative estimate of drug-likeness (QED) is 0.446. The van der Waals surface area contributed by atoms with E-state index in [1.807, 2.05) is 81.4 Å². The molecule has 0 radical (unpaired) electrons. The molecule has 0 atom stereocenters. The predicted molar refractivity (Wildman–Crippen MR) is 142 cm³/mol. The van der Waals surface area contributed by atoms with E-state index in [0.717, 1.165) is 27.8 Å². The number of ether oxygens (including phenoxy) is 1. The fourth-order valence-corrected chi connectivity index (χ4v) is 4.39. The summed E-state index contributed by atoms with van der Waals surface area (Å²) in [4.78, 5) is 28.9. The van der Waals surface area contributed by atoms with Gasteiger partial charge in [-0.05, 0) is 72.7 Å². The number of carbonyl (C=O) groups is 2.